The Morgan fingerprint density at radius 1 is 1.08 bits per heavy atom. The lowest BCUT2D eigenvalue weighted by Crippen LogP contribution is -2.45. The van der Waals surface area contributed by atoms with Crippen LogP contribution in [0.4, 0.5) is 0 Å². The summed E-state index contributed by atoms with van der Waals surface area (Å²) in [4.78, 5) is 60.4. The molecule has 4 atom stereocenters. The molecule has 2 rings (SSSR count). The largest absolute Gasteiger partial charge is 0.463 e. The summed E-state index contributed by atoms with van der Waals surface area (Å²) < 4.78 is 21.4. The molecule has 0 spiro atoms. The number of H-pyrrole nitrogens is 1. The van der Waals surface area contributed by atoms with Gasteiger partial charge in [0.05, 0.1) is 0 Å². The van der Waals surface area contributed by atoms with E-state index >= 15 is 0 Å². The lowest BCUT2D eigenvalue weighted by atomic mass is 10.1. The predicted octanol–water partition coefficient (Wildman–Crippen LogP) is -1.14. The minimum Gasteiger partial charge on any atom is -0.463 e. The number of nitrogens with one attached hydrogen (secondary N) is 1. The first-order chi connectivity index (χ1) is 12.2. The molecule has 2 heterocycles. The first kappa shape index (κ1) is 19.4. The van der Waals surface area contributed by atoms with Crippen molar-refractivity contribution in [2.24, 2.45) is 0 Å². The van der Waals surface area contributed by atoms with Crippen molar-refractivity contribution in [3.05, 3.63) is 33.1 Å². The van der Waals surface area contributed by atoms with Gasteiger partial charge in [0.25, 0.3) is 5.56 Å². The summed E-state index contributed by atoms with van der Waals surface area (Å²) >= 11 is 0. The van der Waals surface area contributed by atoms with E-state index in [0.717, 1.165) is 26.1 Å². The van der Waals surface area contributed by atoms with Gasteiger partial charge in [0.1, 0.15) is 12.7 Å². The van der Waals surface area contributed by atoms with Gasteiger partial charge in [-0.15, -0.1) is 0 Å². The second-order valence-corrected chi connectivity index (χ2v) is 5.51. The van der Waals surface area contributed by atoms with E-state index < -0.39 is 53.7 Å². The molecule has 1 aromatic rings. The van der Waals surface area contributed by atoms with Crippen LogP contribution < -0.4 is 11.2 Å². The maximum atomic E-state index is 12.1. The number of aromatic amines is 1. The van der Waals surface area contributed by atoms with Gasteiger partial charge in [-0.3, -0.25) is 19.2 Å². The van der Waals surface area contributed by atoms with Crippen LogP contribution in [-0.2, 0) is 33.3 Å². The van der Waals surface area contributed by atoms with Gasteiger partial charge in [-0.2, -0.15) is 0 Å². The van der Waals surface area contributed by atoms with Crippen molar-refractivity contribution in [1.82, 2.24) is 9.55 Å². The SMILES string of the molecule is CC(=O)OCC1OC(n2c(=O)cc[nH]c2=O)C(OC(C)=O)C1OC(C)=O. The van der Waals surface area contributed by atoms with Gasteiger partial charge < -0.3 is 23.9 Å². The van der Waals surface area contributed by atoms with Crippen LogP contribution in [0.3, 0.4) is 0 Å². The predicted molar refractivity (Wildman–Crippen MR) is 83.0 cm³/mol. The number of hydrogen-bond acceptors (Lipinski definition) is 9. The molecule has 0 bridgehead atoms. The van der Waals surface area contributed by atoms with Crippen molar-refractivity contribution in [3.63, 3.8) is 0 Å². The fourth-order valence-electron chi connectivity index (χ4n) is 2.58. The Labute approximate surface area is 146 Å². The van der Waals surface area contributed by atoms with E-state index in [2.05, 4.69) is 4.98 Å². The molecule has 0 aliphatic carbocycles. The highest BCUT2D eigenvalue weighted by Gasteiger charge is 2.51. The lowest BCUT2D eigenvalue weighted by molar-refractivity contribution is -0.166. The van der Waals surface area contributed by atoms with Gasteiger partial charge in [-0.25, -0.2) is 9.36 Å². The summed E-state index contributed by atoms with van der Waals surface area (Å²) in [7, 11) is 0. The Morgan fingerprint density at radius 3 is 2.23 bits per heavy atom. The Balaban J connectivity index is 2.46. The molecule has 1 aliphatic rings. The molecule has 0 amide bonds. The van der Waals surface area contributed by atoms with Crippen molar-refractivity contribution < 1.29 is 33.3 Å². The zero-order valence-electron chi connectivity index (χ0n) is 14.3. The van der Waals surface area contributed by atoms with Gasteiger partial charge in [-0.05, 0) is 0 Å². The van der Waals surface area contributed by atoms with Gasteiger partial charge in [0.2, 0.25) is 0 Å². The molecule has 1 aromatic heterocycles. The molecular formula is C15H18N2O9. The van der Waals surface area contributed by atoms with Crippen molar-refractivity contribution >= 4 is 17.9 Å². The van der Waals surface area contributed by atoms with Crippen molar-refractivity contribution in [1.29, 1.82) is 0 Å². The number of aromatic nitrogens is 2. The van der Waals surface area contributed by atoms with Crippen LogP contribution in [0.15, 0.2) is 21.9 Å². The number of carbonyl (C=O) groups excluding carboxylic acids is 3. The molecule has 1 aliphatic heterocycles. The number of carbonyl (C=O) groups is 3. The zero-order chi connectivity index (χ0) is 19.4. The average molecular weight is 370 g/mol. The summed E-state index contributed by atoms with van der Waals surface area (Å²) in [6, 6.07) is 1.08. The Morgan fingerprint density at radius 2 is 1.69 bits per heavy atom. The monoisotopic (exact) mass is 370 g/mol. The van der Waals surface area contributed by atoms with Gasteiger partial charge >= 0.3 is 23.6 Å². The third-order valence-electron chi connectivity index (χ3n) is 3.48. The molecule has 1 N–H and O–H groups in total. The van der Waals surface area contributed by atoms with Crippen LogP contribution >= 0.6 is 0 Å². The van der Waals surface area contributed by atoms with E-state index in [1.807, 2.05) is 0 Å². The molecule has 0 saturated carbocycles. The summed E-state index contributed by atoms with van der Waals surface area (Å²) in [6.45, 7) is 3.08. The quantitative estimate of drug-likeness (QED) is 0.502. The van der Waals surface area contributed by atoms with Crippen LogP contribution in [0.5, 0.6) is 0 Å². The van der Waals surface area contributed by atoms with E-state index in [-0.39, 0.29) is 6.61 Å². The number of ether oxygens (including phenoxy) is 4. The molecule has 0 aromatic carbocycles. The van der Waals surface area contributed by atoms with Crippen LogP contribution in [-0.4, -0.2) is 52.4 Å². The van der Waals surface area contributed by atoms with Crippen LogP contribution in [0.1, 0.15) is 27.0 Å². The van der Waals surface area contributed by atoms with Crippen LogP contribution in [0, 0.1) is 0 Å². The highest BCUT2D eigenvalue weighted by Crippen LogP contribution is 2.33. The lowest BCUT2D eigenvalue weighted by Gasteiger charge is -2.23. The second kappa shape index (κ2) is 7.95. The second-order valence-electron chi connectivity index (χ2n) is 5.51. The Bertz CT molecular complexity index is 784. The minimum atomic E-state index is -1.37. The molecular weight excluding hydrogens is 352 g/mol. The first-order valence-corrected chi connectivity index (χ1v) is 7.64. The Kier molecular flexibility index (Phi) is 5.93. The maximum Gasteiger partial charge on any atom is 0.330 e. The number of rotatable bonds is 5. The summed E-state index contributed by atoms with van der Waals surface area (Å²) in [5.74, 6) is -2.06. The topological polar surface area (TPSA) is 143 Å². The molecule has 142 valence electrons. The fraction of sp³-hybridized carbons (Fsp3) is 0.533. The number of hydrogen-bond donors (Lipinski definition) is 1. The van der Waals surface area contributed by atoms with Crippen molar-refractivity contribution in [3.8, 4) is 0 Å². The molecule has 1 fully saturated rings. The number of nitrogens with zero attached hydrogens (tertiary/aromatic N) is 1. The highest BCUT2D eigenvalue weighted by atomic mass is 16.7. The summed E-state index contributed by atoms with van der Waals surface area (Å²) in [5, 5.41) is 0. The molecule has 0 radical (unpaired) electrons. The van der Waals surface area contributed by atoms with E-state index in [1.165, 1.54) is 6.92 Å². The smallest absolute Gasteiger partial charge is 0.330 e. The zero-order valence-corrected chi connectivity index (χ0v) is 14.3. The average Bonchev–Trinajstić information content (AvgIpc) is 2.82. The highest BCUT2D eigenvalue weighted by molar-refractivity contribution is 5.67. The molecule has 4 unspecified atom stereocenters. The third kappa shape index (κ3) is 4.36. The Hall–Kier alpha value is -2.95. The van der Waals surface area contributed by atoms with Crippen molar-refractivity contribution in [2.75, 3.05) is 6.61 Å². The van der Waals surface area contributed by atoms with E-state index in [0.29, 0.717) is 4.57 Å². The first-order valence-electron chi connectivity index (χ1n) is 7.64. The van der Waals surface area contributed by atoms with Crippen LogP contribution in [0.25, 0.3) is 0 Å². The summed E-state index contributed by atoms with van der Waals surface area (Å²) in [6.07, 6.45) is -3.76. The summed E-state index contributed by atoms with van der Waals surface area (Å²) in [5.41, 5.74) is -1.53. The van der Waals surface area contributed by atoms with E-state index in [1.54, 1.807) is 0 Å². The molecule has 11 nitrogen and oxygen atoms in total. The minimum absolute atomic E-state index is 0.332. The molecule has 1 saturated heterocycles. The third-order valence-corrected chi connectivity index (χ3v) is 3.48. The molecule has 26 heavy (non-hydrogen) atoms. The van der Waals surface area contributed by atoms with Gasteiger partial charge in [-0.1, -0.05) is 0 Å². The van der Waals surface area contributed by atoms with Crippen LogP contribution in [0.2, 0.25) is 0 Å². The molecule has 11 heteroatoms. The van der Waals surface area contributed by atoms with Crippen molar-refractivity contribution in [2.45, 2.75) is 45.3 Å². The normalized spacial score (nSPS) is 24.7. The van der Waals surface area contributed by atoms with E-state index in [4.69, 9.17) is 18.9 Å². The maximum absolute atomic E-state index is 12.1. The van der Waals surface area contributed by atoms with E-state index in [9.17, 15) is 24.0 Å². The van der Waals surface area contributed by atoms with Gasteiger partial charge in [0.15, 0.2) is 18.4 Å². The fourth-order valence-corrected chi connectivity index (χ4v) is 2.58. The number of esters is 3. The van der Waals surface area contributed by atoms with Gasteiger partial charge in [0, 0.05) is 33.0 Å². The standard InChI is InChI=1S/C15H18N2O9/c1-7(18)23-6-10-12(24-8(2)19)13(25-9(3)20)14(26-10)17-11(21)4-5-16-15(17)22/h4-5,10,12-14H,6H2,1-3H3,(H,16,22).